The zero-order chi connectivity index (χ0) is 13.2. The number of rotatable bonds is 4. The second kappa shape index (κ2) is 6.07. The third kappa shape index (κ3) is 2.69. The van der Waals surface area contributed by atoms with E-state index in [9.17, 15) is 4.79 Å². The van der Waals surface area contributed by atoms with E-state index in [0.29, 0.717) is 6.54 Å². The van der Waals surface area contributed by atoms with Gasteiger partial charge in [0.1, 0.15) is 5.82 Å². The van der Waals surface area contributed by atoms with Crippen molar-refractivity contribution in [2.75, 3.05) is 0 Å². The maximum Gasteiger partial charge on any atom is 0.226 e. The number of carbonyl (C=O) groups excluding carboxylic acids is 1. The number of nitrogens with one attached hydrogen (secondary N) is 2. The number of imidazole rings is 1. The number of aromatic nitrogens is 2. The third-order valence-electron chi connectivity index (χ3n) is 3.63. The summed E-state index contributed by atoms with van der Waals surface area (Å²) in [5, 5.41) is 3.37. The molecule has 0 saturated heterocycles. The van der Waals surface area contributed by atoms with E-state index < -0.39 is 0 Å². The van der Waals surface area contributed by atoms with Crippen LogP contribution in [-0.4, -0.2) is 21.9 Å². The van der Waals surface area contributed by atoms with Gasteiger partial charge in [0.15, 0.2) is 0 Å². The van der Waals surface area contributed by atoms with Crippen molar-refractivity contribution in [1.29, 1.82) is 0 Å². The lowest BCUT2D eigenvalue weighted by atomic mass is 9.98. The standard InChI is InChI=1S/C14H16N4O.ClH/c15-14(19)13-10-4-2-1-3-9(10)7-11(13)18-8-12-16-5-6-17-12;/h1-6,11,13,18H,7-8H2,(H2,15,19)(H,16,17);1H. The molecule has 2 atom stereocenters. The van der Waals surface area contributed by atoms with E-state index in [1.165, 1.54) is 5.56 Å². The summed E-state index contributed by atoms with van der Waals surface area (Å²) in [6, 6.07) is 8.02. The molecular weight excluding hydrogens is 276 g/mol. The van der Waals surface area contributed by atoms with Gasteiger partial charge in [0.2, 0.25) is 5.91 Å². The van der Waals surface area contributed by atoms with Crippen LogP contribution in [0.25, 0.3) is 0 Å². The summed E-state index contributed by atoms with van der Waals surface area (Å²) in [5.74, 6) is 0.326. The topological polar surface area (TPSA) is 83.8 Å². The third-order valence-corrected chi connectivity index (χ3v) is 3.63. The van der Waals surface area contributed by atoms with E-state index in [1.54, 1.807) is 12.4 Å². The molecule has 5 nitrogen and oxygen atoms in total. The Morgan fingerprint density at radius 1 is 1.45 bits per heavy atom. The lowest BCUT2D eigenvalue weighted by Gasteiger charge is -2.18. The van der Waals surface area contributed by atoms with E-state index >= 15 is 0 Å². The van der Waals surface area contributed by atoms with Crippen molar-refractivity contribution in [2.45, 2.75) is 24.9 Å². The minimum Gasteiger partial charge on any atom is -0.369 e. The maximum atomic E-state index is 11.7. The molecule has 0 bridgehead atoms. The van der Waals surface area contributed by atoms with Crippen LogP contribution in [0.4, 0.5) is 0 Å². The molecule has 4 N–H and O–H groups in total. The van der Waals surface area contributed by atoms with Gasteiger partial charge in [-0.3, -0.25) is 4.79 Å². The van der Waals surface area contributed by atoms with Crippen molar-refractivity contribution >= 4 is 18.3 Å². The minimum atomic E-state index is -0.276. The van der Waals surface area contributed by atoms with Gasteiger partial charge in [0, 0.05) is 18.4 Å². The number of H-pyrrole nitrogens is 1. The van der Waals surface area contributed by atoms with Crippen LogP contribution in [0.15, 0.2) is 36.7 Å². The van der Waals surface area contributed by atoms with Crippen molar-refractivity contribution in [3.63, 3.8) is 0 Å². The van der Waals surface area contributed by atoms with E-state index in [0.717, 1.165) is 17.8 Å². The van der Waals surface area contributed by atoms with Gasteiger partial charge < -0.3 is 16.0 Å². The Balaban J connectivity index is 0.00000147. The van der Waals surface area contributed by atoms with Gasteiger partial charge >= 0.3 is 0 Å². The van der Waals surface area contributed by atoms with Gasteiger partial charge in [0.05, 0.1) is 12.5 Å². The van der Waals surface area contributed by atoms with Crippen molar-refractivity contribution in [3.05, 3.63) is 53.6 Å². The number of nitrogens with zero attached hydrogens (tertiary/aromatic N) is 1. The van der Waals surface area contributed by atoms with Crippen LogP contribution in [0.5, 0.6) is 0 Å². The Kier molecular flexibility index (Phi) is 4.42. The Morgan fingerprint density at radius 2 is 2.25 bits per heavy atom. The van der Waals surface area contributed by atoms with Crippen LogP contribution in [0.1, 0.15) is 22.9 Å². The van der Waals surface area contributed by atoms with Crippen molar-refractivity contribution in [3.8, 4) is 0 Å². The molecule has 0 fully saturated rings. The van der Waals surface area contributed by atoms with E-state index in [-0.39, 0.29) is 30.3 Å². The van der Waals surface area contributed by atoms with Crippen molar-refractivity contribution in [1.82, 2.24) is 15.3 Å². The highest BCUT2D eigenvalue weighted by Gasteiger charge is 2.35. The summed E-state index contributed by atoms with van der Waals surface area (Å²) >= 11 is 0. The first kappa shape index (κ1) is 14.6. The predicted octanol–water partition coefficient (Wildman–Crippen LogP) is 1.11. The first-order chi connectivity index (χ1) is 9.25. The number of nitrogens with two attached hydrogens (primary N) is 1. The Labute approximate surface area is 123 Å². The molecule has 0 saturated carbocycles. The van der Waals surface area contributed by atoms with Crippen LogP contribution in [0.3, 0.4) is 0 Å². The fourth-order valence-corrected chi connectivity index (χ4v) is 2.76. The first-order valence-corrected chi connectivity index (χ1v) is 6.34. The highest BCUT2D eigenvalue weighted by molar-refractivity contribution is 5.85. The normalized spacial score (nSPS) is 20.2. The van der Waals surface area contributed by atoms with Gasteiger partial charge in [-0.2, -0.15) is 0 Å². The van der Waals surface area contributed by atoms with Crippen molar-refractivity contribution < 1.29 is 4.79 Å². The Morgan fingerprint density at radius 3 is 2.95 bits per heavy atom. The van der Waals surface area contributed by atoms with Crippen LogP contribution >= 0.6 is 12.4 Å². The summed E-state index contributed by atoms with van der Waals surface area (Å²) in [4.78, 5) is 18.9. The Hall–Kier alpha value is -1.85. The lowest BCUT2D eigenvalue weighted by Crippen LogP contribution is -2.38. The molecule has 3 rings (SSSR count). The average molecular weight is 293 g/mol. The number of hydrogen-bond acceptors (Lipinski definition) is 3. The van der Waals surface area contributed by atoms with Crippen LogP contribution in [0, 0.1) is 0 Å². The summed E-state index contributed by atoms with van der Waals surface area (Å²) in [5.41, 5.74) is 7.80. The fourth-order valence-electron chi connectivity index (χ4n) is 2.76. The molecule has 1 aromatic carbocycles. The number of halogens is 1. The molecule has 1 aliphatic rings. The number of amides is 1. The molecule has 0 spiro atoms. The second-order valence-corrected chi connectivity index (χ2v) is 4.81. The van der Waals surface area contributed by atoms with Gasteiger partial charge in [0.25, 0.3) is 0 Å². The van der Waals surface area contributed by atoms with Crippen LogP contribution < -0.4 is 11.1 Å². The zero-order valence-corrected chi connectivity index (χ0v) is 11.7. The van der Waals surface area contributed by atoms with Gasteiger partial charge in [-0.1, -0.05) is 24.3 Å². The van der Waals surface area contributed by atoms with Crippen LogP contribution in [-0.2, 0) is 17.8 Å². The van der Waals surface area contributed by atoms with Gasteiger partial charge in [-0.05, 0) is 17.5 Å². The van der Waals surface area contributed by atoms with Gasteiger partial charge in [-0.25, -0.2) is 4.98 Å². The van der Waals surface area contributed by atoms with E-state index in [4.69, 9.17) is 5.73 Å². The molecule has 1 aliphatic carbocycles. The predicted molar refractivity (Wildman–Crippen MR) is 78.5 cm³/mol. The highest BCUT2D eigenvalue weighted by atomic mass is 35.5. The lowest BCUT2D eigenvalue weighted by molar-refractivity contribution is -0.119. The monoisotopic (exact) mass is 292 g/mol. The number of primary amides is 1. The zero-order valence-electron chi connectivity index (χ0n) is 10.9. The molecule has 1 amide bonds. The molecule has 2 unspecified atom stereocenters. The molecule has 0 aliphatic heterocycles. The fraction of sp³-hybridized carbons (Fsp3) is 0.286. The number of carbonyl (C=O) groups is 1. The van der Waals surface area contributed by atoms with Gasteiger partial charge in [-0.15, -0.1) is 12.4 Å². The Bertz CT molecular complexity index is 585. The van der Waals surface area contributed by atoms with Crippen LogP contribution in [0.2, 0.25) is 0 Å². The smallest absolute Gasteiger partial charge is 0.226 e. The number of aromatic amines is 1. The van der Waals surface area contributed by atoms with E-state index in [2.05, 4.69) is 21.4 Å². The molecular formula is C14H17ClN4O. The quantitative estimate of drug-likeness (QED) is 0.789. The number of hydrogen-bond donors (Lipinski definition) is 3. The number of benzene rings is 1. The average Bonchev–Trinajstić information content (AvgIpc) is 3.03. The second-order valence-electron chi connectivity index (χ2n) is 4.81. The summed E-state index contributed by atoms with van der Waals surface area (Å²) < 4.78 is 0. The SMILES string of the molecule is Cl.NC(=O)C1c2ccccc2CC1NCc1ncc[nH]1. The summed E-state index contributed by atoms with van der Waals surface area (Å²) in [6.45, 7) is 0.607. The minimum absolute atomic E-state index is 0. The molecule has 20 heavy (non-hydrogen) atoms. The molecule has 106 valence electrons. The first-order valence-electron chi connectivity index (χ1n) is 6.34. The number of fused-ring (bicyclic) bond motifs is 1. The maximum absolute atomic E-state index is 11.7. The molecule has 0 radical (unpaired) electrons. The molecule has 2 aromatic rings. The summed E-state index contributed by atoms with van der Waals surface area (Å²) in [6.07, 6.45) is 4.32. The summed E-state index contributed by atoms with van der Waals surface area (Å²) in [7, 11) is 0. The highest BCUT2D eigenvalue weighted by Crippen LogP contribution is 2.33. The van der Waals surface area contributed by atoms with Crippen molar-refractivity contribution in [2.24, 2.45) is 5.73 Å². The molecule has 1 heterocycles. The molecule has 6 heteroatoms. The molecule has 1 aromatic heterocycles. The van der Waals surface area contributed by atoms with E-state index in [1.807, 2.05) is 18.2 Å². The largest absolute Gasteiger partial charge is 0.369 e.